The number of aromatic nitrogens is 2. The minimum Gasteiger partial charge on any atom is -0.238 e. The fraction of sp³-hybridized carbons (Fsp3) is 0.636. The van der Waals surface area contributed by atoms with Crippen LogP contribution >= 0.6 is 15.9 Å². The Hall–Kier alpha value is -0.440. The van der Waals surface area contributed by atoms with Gasteiger partial charge in [0.05, 0.1) is 0 Å². The van der Waals surface area contributed by atoms with Gasteiger partial charge in [0.2, 0.25) is 0 Å². The van der Waals surface area contributed by atoms with Crippen molar-refractivity contribution >= 4 is 15.9 Å². The molecule has 0 aliphatic heterocycles. The first-order chi connectivity index (χ1) is 6.54. The molecular weight excluding hydrogens is 240 g/mol. The van der Waals surface area contributed by atoms with E-state index in [9.17, 15) is 0 Å². The summed E-state index contributed by atoms with van der Waals surface area (Å²) in [6, 6.07) is 2.01. The molecule has 78 valence electrons. The first-order valence-corrected chi connectivity index (χ1v) is 5.92. The molecule has 2 unspecified atom stereocenters. The van der Waals surface area contributed by atoms with Gasteiger partial charge in [0.15, 0.2) is 0 Å². The van der Waals surface area contributed by atoms with E-state index >= 15 is 0 Å². The first kappa shape index (κ1) is 11.6. The molecule has 1 rings (SSSR count). The van der Waals surface area contributed by atoms with Crippen LogP contribution in [0.15, 0.2) is 6.07 Å². The van der Waals surface area contributed by atoms with Crippen LogP contribution in [-0.4, -0.2) is 14.8 Å². The summed E-state index contributed by atoms with van der Waals surface area (Å²) in [6.45, 7) is 8.36. The largest absolute Gasteiger partial charge is 0.238 e. The van der Waals surface area contributed by atoms with Gasteiger partial charge in [-0.1, -0.05) is 29.8 Å². The molecule has 0 saturated carbocycles. The topological polar surface area (TPSA) is 25.8 Å². The molecule has 0 fully saturated rings. The SMILES string of the molecule is CCC(Br)C(C)c1nc(C)cc(C)n1. The van der Waals surface area contributed by atoms with E-state index < -0.39 is 0 Å². The van der Waals surface area contributed by atoms with E-state index in [1.54, 1.807) is 0 Å². The van der Waals surface area contributed by atoms with Crippen LogP contribution in [0.1, 0.15) is 43.4 Å². The summed E-state index contributed by atoms with van der Waals surface area (Å²) in [7, 11) is 0. The highest BCUT2D eigenvalue weighted by Crippen LogP contribution is 2.24. The lowest BCUT2D eigenvalue weighted by molar-refractivity contribution is 0.645. The van der Waals surface area contributed by atoms with Crippen LogP contribution in [0.5, 0.6) is 0 Å². The van der Waals surface area contributed by atoms with Crippen LogP contribution in [0.4, 0.5) is 0 Å². The molecule has 1 aromatic rings. The third kappa shape index (κ3) is 2.77. The van der Waals surface area contributed by atoms with Gasteiger partial charge < -0.3 is 0 Å². The Morgan fingerprint density at radius 2 is 1.79 bits per heavy atom. The highest BCUT2D eigenvalue weighted by molar-refractivity contribution is 9.09. The molecule has 0 aliphatic carbocycles. The Morgan fingerprint density at radius 3 is 2.21 bits per heavy atom. The van der Waals surface area contributed by atoms with Gasteiger partial charge in [0.1, 0.15) is 5.82 Å². The van der Waals surface area contributed by atoms with Gasteiger partial charge in [-0.2, -0.15) is 0 Å². The Kier molecular flexibility index (Phi) is 4.05. The predicted molar refractivity (Wildman–Crippen MR) is 62.9 cm³/mol. The summed E-state index contributed by atoms with van der Waals surface area (Å²) < 4.78 is 0. The maximum absolute atomic E-state index is 4.46. The zero-order chi connectivity index (χ0) is 10.7. The summed E-state index contributed by atoms with van der Waals surface area (Å²) >= 11 is 3.65. The molecule has 0 N–H and O–H groups in total. The fourth-order valence-corrected chi connectivity index (χ4v) is 1.71. The molecule has 0 aliphatic rings. The average Bonchev–Trinajstić information content (AvgIpc) is 2.14. The minimum absolute atomic E-state index is 0.374. The maximum atomic E-state index is 4.46. The normalized spacial score (nSPS) is 15.2. The van der Waals surface area contributed by atoms with Crippen molar-refractivity contribution in [2.45, 2.75) is 44.9 Å². The van der Waals surface area contributed by atoms with Crippen LogP contribution in [-0.2, 0) is 0 Å². The van der Waals surface area contributed by atoms with Gasteiger partial charge in [-0.25, -0.2) is 9.97 Å². The molecule has 1 heterocycles. The van der Waals surface area contributed by atoms with Crippen molar-refractivity contribution in [3.8, 4) is 0 Å². The summed E-state index contributed by atoms with van der Waals surface area (Å²) in [4.78, 5) is 9.39. The molecule has 0 aromatic carbocycles. The van der Waals surface area contributed by atoms with Gasteiger partial charge in [-0.05, 0) is 26.3 Å². The number of hydrogen-bond acceptors (Lipinski definition) is 2. The lowest BCUT2D eigenvalue weighted by Gasteiger charge is -2.15. The highest BCUT2D eigenvalue weighted by Gasteiger charge is 2.17. The molecule has 2 atom stereocenters. The van der Waals surface area contributed by atoms with Gasteiger partial charge >= 0.3 is 0 Å². The smallest absolute Gasteiger partial charge is 0.132 e. The van der Waals surface area contributed by atoms with Gasteiger partial charge in [-0.3, -0.25) is 0 Å². The van der Waals surface area contributed by atoms with Gasteiger partial charge in [0, 0.05) is 22.1 Å². The Morgan fingerprint density at radius 1 is 1.29 bits per heavy atom. The quantitative estimate of drug-likeness (QED) is 0.776. The van der Waals surface area contributed by atoms with Crippen molar-refractivity contribution in [2.24, 2.45) is 0 Å². The van der Waals surface area contributed by atoms with Crippen LogP contribution in [0.3, 0.4) is 0 Å². The maximum Gasteiger partial charge on any atom is 0.132 e. The number of nitrogens with zero attached hydrogens (tertiary/aromatic N) is 2. The van der Waals surface area contributed by atoms with Crippen LogP contribution in [0.25, 0.3) is 0 Å². The summed E-state index contributed by atoms with van der Waals surface area (Å²) in [6.07, 6.45) is 1.09. The zero-order valence-corrected chi connectivity index (χ0v) is 10.8. The van der Waals surface area contributed by atoms with Gasteiger partial charge in [0.25, 0.3) is 0 Å². The van der Waals surface area contributed by atoms with Gasteiger partial charge in [-0.15, -0.1) is 0 Å². The van der Waals surface area contributed by atoms with Crippen LogP contribution in [0.2, 0.25) is 0 Å². The Bertz CT molecular complexity index is 292. The third-order valence-electron chi connectivity index (χ3n) is 2.34. The Labute approximate surface area is 94.3 Å². The third-order valence-corrected chi connectivity index (χ3v) is 3.78. The van der Waals surface area contributed by atoms with Crippen molar-refractivity contribution in [3.63, 3.8) is 0 Å². The number of halogens is 1. The average molecular weight is 257 g/mol. The van der Waals surface area contributed by atoms with E-state index in [-0.39, 0.29) is 0 Å². The number of rotatable bonds is 3. The van der Waals surface area contributed by atoms with E-state index in [1.165, 1.54) is 0 Å². The highest BCUT2D eigenvalue weighted by atomic mass is 79.9. The fourth-order valence-electron chi connectivity index (χ4n) is 1.47. The number of alkyl halides is 1. The molecule has 0 spiro atoms. The molecule has 2 nitrogen and oxygen atoms in total. The number of aryl methyl sites for hydroxylation is 2. The molecule has 1 aromatic heterocycles. The molecule has 0 amide bonds. The summed E-state index contributed by atoms with van der Waals surface area (Å²) in [5.74, 6) is 1.32. The molecule has 3 heteroatoms. The first-order valence-electron chi connectivity index (χ1n) is 5.00. The molecular formula is C11H17BrN2. The van der Waals surface area contributed by atoms with Crippen molar-refractivity contribution in [3.05, 3.63) is 23.3 Å². The van der Waals surface area contributed by atoms with Crippen molar-refractivity contribution in [1.82, 2.24) is 9.97 Å². The van der Waals surface area contributed by atoms with E-state index in [2.05, 4.69) is 39.7 Å². The van der Waals surface area contributed by atoms with E-state index in [0.717, 1.165) is 23.6 Å². The predicted octanol–water partition coefficient (Wildman–Crippen LogP) is 3.37. The van der Waals surface area contributed by atoms with Crippen molar-refractivity contribution in [2.75, 3.05) is 0 Å². The molecule has 0 radical (unpaired) electrons. The second kappa shape index (κ2) is 4.87. The second-order valence-corrected chi connectivity index (χ2v) is 4.90. The standard InChI is InChI=1S/C11H17BrN2/c1-5-10(12)9(4)11-13-7(2)6-8(3)14-11/h6,9-10H,5H2,1-4H3. The second-order valence-electron chi connectivity index (χ2n) is 3.72. The minimum atomic E-state index is 0.374. The van der Waals surface area contributed by atoms with Crippen molar-refractivity contribution in [1.29, 1.82) is 0 Å². The van der Waals surface area contributed by atoms with Crippen LogP contribution in [0, 0.1) is 13.8 Å². The summed E-state index contributed by atoms with van der Waals surface area (Å²) in [5, 5.41) is 0. The Balaban J connectivity index is 2.94. The monoisotopic (exact) mass is 256 g/mol. The lowest BCUT2D eigenvalue weighted by atomic mass is 10.1. The number of hydrogen-bond donors (Lipinski definition) is 0. The van der Waals surface area contributed by atoms with E-state index in [4.69, 9.17) is 0 Å². The van der Waals surface area contributed by atoms with E-state index in [1.807, 2.05) is 19.9 Å². The van der Waals surface area contributed by atoms with Crippen molar-refractivity contribution < 1.29 is 0 Å². The molecule has 14 heavy (non-hydrogen) atoms. The molecule has 0 bridgehead atoms. The van der Waals surface area contributed by atoms with E-state index in [0.29, 0.717) is 10.7 Å². The summed E-state index contributed by atoms with van der Waals surface area (Å²) in [5.41, 5.74) is 2.10. The lowest BCUT2D eigenvalue weighted by Crippen LogP contribution is -2.12. The zero-order valence-electron chi connectivity index (χ0n) is 9.21. The van der Waals surface area contributed by atoms with Crippen LogP contribution < -0.4 is 0 Å². The molecule has 0 saturated heterocycles.